The molecule has 1 rings (SSSR count). The molecule has 0 heterocycles. The predicted octanol–water partition coefficient (Wildman–Crippen LogP) is 3.16. The van der Waals surface area contributed by atoms with Crippen molar-refractivity contribution in [3.63, 3.8) is 0 Å². The summed E-state index contributed by atoms with van der Waals surface area (Å²) in [6, 6.07) is 8.96. The first-order chi connectivity index (χ1) is 10.7. The van der Waals surface area contributed by atoms with Gasteiger partial charge in [0.2, 0.25) is 5.91 Å². The molecule has 0 bridgehead atoms. The van der Waals surface area contributed by atoms with Crippen LogP contribution < -0.4 is 5.32 Å². The summed E-state index contributed by atoms with van der Waals surface area (Å²) in [6.45, 7) is 4.13. The van der Waals surface area contributed by atoms with E-state index in [1.807, 2.05) is 30.3 Å². The second kappa shape index (κ2) is 11.1. The second-order valence-electron chi connectivity index (χ2n) is 5.00. The van der Waals surface area contributed by atoms with Gasteiger partial charge in [-0.15, -0.1) is 0 Å². The van der Waals surface area contributed by atoms with Crippen molar-refractivity contribution in [1.29, 1.82) is 0 Å². The lowest BCUT2D eigenvalue weighted by atomic mass is 10.2. The molecule has 0 fully saturated rings. The maximum absolute atomic E-state index is 12.2. The third-order valence-electron chi connectivity index (χ3n) is 3.09. The Balaban J connectivity index is 2.48. The Morgan fingerprint density at radius 2 is 1.95 bits per heavy atom. The first-order valence-electron chi connectivity index (χ1n) is 7.75. The molecule has 0 unspecified atom stereocenters. The molecule has 5 heteroatoms. The first-order valence-corrected chi connectivity index (χ1v) is 8.90. The maximum Gasteiger partial charge on any atom is 0.329 e. The van der Waals surface area contributed by atoms with E-state index in [-0.39, 0.29) is 18.5 Å². The Morgan fingerprint density at radius 3 is 2.59 bits per heavy atom. The SMILES string of the molecule is CCCCSC[C@H](NC(=O)CC)C(=O)OCc1ccccc1. The smallest absolute Gasteiger partial charge is 0.329 e. The van der Waals surface area contributed by atoms with Crippen molar-refractivity contribution in [2.75, 3.05) is 11.5 Å². The van der Waals surface area contributed by atoms with Crippen LogP contribution in [0.25, 0.3) is 0 Å². The topological polar surface area (TPSA) is 55.4 Å². The molecule has 1 atom stereocenters. The summed E-state index contributed by atoms with van der Waals surface area (Å²) in [5.74, 6) is 1.05. The van der Waals surface area contributed by atoms with E-state index >= 15 is 0 Å². The monoisotopic (exact) mass is 323 g/mol. The highest BCUT2D eigenvalue weighted by atomic mass is 32.2. The van der Waals surface area contributed by atoms with Crippen LogP contribution >= 0.6 is 11.8 Å². The number of hydrogen-bond acceptors (Lipinski definition) is 4. The van der Waals surface area contributed by atoms with Crippen molar-refractivity contribution in [1.82, 2.24) is 5.32 Å². The highest BCUT2D eigenvalue weighted by Crippen LogP contribution is 2.09. The van der Waals surface area contributed by atoms with Crippen LogP contribution in [0.2, 0.25) is 0 Å². The van der Waals surface area contributed by atoms with Gasteiger partial charge in [0.05, 0.1) is 0 Å². The molecule has 22 heavy (non-hydrogen) atoms. The van der Waals surface area contributed by atoms with Crippen LogP contribution in [0, 0.1) is 0 Å². The summed E-state index contributed by atoms with van der Waals surface area (Å²) in [6.07, 6.45) is 2.59. The molecule has 0 aliphatic rings. The van der Waals surface area contributed by atoms with Crippen molar-refractivity contribution in [2.24, 2.45) is 0 Å². The number of thioether (sulfide) groups is 1. The van der Waals surface area contributed by atoms with Crippen LogP contribution in [-0.4, -0.2) is 29.4 Å². The van der Waals surface area contributed by atoms with E-state index in [0.29, 0.717) is 12.2 Å². The zero-order valence-corrected chi connectivity index (χ0v) is 14.2. The van der Waals surface area contributed by atoms with Crippen molar-refractivity contribution in [3.8, 4) is 0 Å². The standard InChI is InChI=1S/C17H25NO3S/c1-3-5-11-22-13-15(18-16(19)4-2)17(20)21-12-14-9-7-6-8-10-14/h6-10,15H,3-5,11-13H2,1-2H3,(H,18,19)/t15-/m0/s1. The Bertz CT molecular complexity index is 450. The van der Waals surface area contributed by atoms with Crippen LogP contribution in [0.15, 0.2) is 30.3 Å². The van der Waals surface area contributed by atoms with Crippen LogP contribution in [-0.2, 0) is 20.9 Å². The molecule has 4 nitrogen and oxygen atoms in total. The van der Waals surface area contributed by atoms with Crippen molar-refractivity contribution >= 4 is 23.6 Å². The van der Waals surface area contributed by atoms with Crippen LogP contribution in [0.5, 0.6) is 0 Å². The minimum atomic E-state index is -0.571. The van der Waals surface area contributed by atoms with Gasteiger partial charge < -0.3 is 10.1 Å². The van der Waals surface area contributed by atoms with Gasteiger partial charge in [-0.3, -0.25) is 4.79 Å². The van der Waals surface area contributed by atoms with Gasteiger partial charge in [-0.1, -0.05) is 50.6 Å². The summed E-state index contributed by atoms with van der Waals surface area (Å²) >= 11 is 1.67. The average molecular weight is 323 g/mol. The largest absolute Gasteiger partial charge is 0.459 e. The molecule has 0 aliphatic heterocycles. The fourth-order valence-corrected chi connectivity index (χ4v) is 2.86. The number of benzene rings is 1. The van der Waals surface area contributed by atoms with Crippen LogP contribution in [0.1, 0.15) is 38.7 Å². The van der Waals surface area contributed by atoms with Crippen LogP contribution in [0.3, 0.4) is 0 Å². The normalized spacial score (nSPS) is 11.7. The molecule has 0 saturated heterocycles. The molecule has 0 aromatic heterocycles. The predicted molar refractivity (Wildman–Crippen MR) is 90.7 cm³/mol. The van der Waals surface area contributed by atoms with E-state index in [2.05, 4.69) is 12.2 Å². The van der Waals surface area contributed by atoms with Gasteiger partial charge in [-0.05, 0) is 17.7 Å². The van der Waals surface area contributed by atoms with E-state index in [1.54, 1.807) is 18.7 Å². The third-order valence-corrected chi connectivity index (χ3v) is 4.24. The summed E-state index contributed by atoms with van der Waals surface area (Å²) < 4.78 is 5.33. The fourth-order valence-electron chi connectivity index (χ4n) is 1.74. The minimum Gasteiger partial charge on any atom is -0.459 e. The zero-order valence-electron chi connectivity index (χ0n) is 13.3. The first kappa shape index (κ1) is 18.6. The second-order valence-corrected chi connectivity index (χ2v) is 6.15. The lowest BCUT2D eigenvalue weighted by molar-refractivity contribution is -0.148. The lowest BCUT2D eigenvalue weighted by Crippen LogP contribution is -2.43. The molecule has 0 saturated carbocycles. The van der Waals surface area contributed by atoms with Crippen molar-refractivity contribution in [3.05, 3.63) is 35.9 Å². The molecular formula is C17H25NO3S. The third kappa shape index (κ3) is 7.50. The van der Waals surface area contributed by atoms with Gasteiger partial charge in [0.1, 0.15) is 12.6 Å². The minimum absolute atomic E-state index is 0.127. The van der Waals surface area contributed by atoms with Gasteiger partial charge in [-0.2, -0.15) is 11.8 Å². The van der Waals surface area contributed by atoms with Crippen LogP contribution in [0.4, 0.5) is 0 Å². The van der Waals surface area contributed by atoms with Gasteiger partial charge in [0, 0.05) is 12.2 Å². The number of nitrogens with one attached hydrogen (secondary N) is 1. The number of esters is 1. The highest BCUT2D eigenvalue weighted by molar-refractivity contribution is 7.99. The van der Waals surface area contributed by atoms with E-state index in [4.69, 9.17) is 4.74 Å². The summed E-state index contributed by atoms with van der Waals surface area (Å²) in [4.78, 5) is 23.7. The van der Waals surface area contributed by atoms with E-state index in [0.717, 1.165) is 24.2 Å². The fraction of sp³-hybridized carbons (Fsp3) is 0.529. The zero-order chi connectivity index (χ0) is 16.2. The number of unbranched alkanes of at least 4 members (excludes halogenated alkanes) is 1. The van der Waals surface area contributed by atoms with E-state index in [1.165, 1.54) is 0 Å². The molecule has 1 aromatic rings. The van der Waals surface area contributed by atoms with Gasteiger partial charge in [0.25, 0.3) is 0 Å². The number of carbonyl (C=O) groups is 2. The van der Waals surface area contributed by atoms with Gasteiger partial charge in [0.15, 0.2) is 0 Å². The highest BCUT2D eigenvalue weighted by Gasteiger charge is 2.21. The van der Waals surface area contributed by atoms with E-state index < -0.39 is 6.04 Å². The number of ether oxygens (including phenoxy) is 1. The molecule has 0 aliphatic carbocycles. The molecular weight excluding hydrogens is 298 g/mol. The molecule has 0 radical (unpaired) electrons. The molecule has 1 aromatic carbocycles. The number of rotatable bonds is 10. The maximum atomic E-state index is 12.2. The van der Waals surface area contributed by atoms with Gasteiger partial charge in [-0.25, -0.2) is 4.79 Å². The quantitative estimate of drug-likeness (QED) is 0.531. The number of amides is 1. The lowest BCUT2D eigenvalue weighted by Gasteiger charge is -2.17. The van der Waals surface area contributed by atoms with Gasteiger partial charge >= 0.3 is 5.97 Å². The number of carbonyl (C=O) groups excluding carboxylic acids is 2. The summed E-state index contributed by atoms with van der Waals surface area (Å²) in [7, 11) is 0. The van der Waals surface area contributed by atoms with Crippen molar-refractivity contribution < 1.29 is 14.3 Å². The summed E-state index contributed by atoms with van der Waals surface area (Å²) in [5.41, 5.74) is 0.940. The summed E-state index contributed by atoms with van der Waals surface area (Å²) in [5, 5.41) is 2.75. The van der Waals surface area contributed by atoms with Crippen molar-refractivity contribution in [2.45, 2.75) is 45.8 Å². The molecule has 1 amide bonds. The van der Waals surface area contributed by atoms with E-state index in [9.17, 15) is 9.59 Å². The average Bonchev–Trinajstić information content (AvgIpc) is 2.56. The molecule has 122 valence electrons. The Kier molecular flexibility index (Phi) is 9.39. The Labute approximate surface area is 137 Å². The number of hydrogen-bond donors (Lipinski definition) is 1. The molecule has 1 N–H and O–H groups in total. The Hall–Kier alpha value is -1.49. The molecule has 0 spiro atoms. The Morgan fingerprint density at radius 1 is 1.23 bits per heavy atom.